The Kier molecular flexibility index (Phi) is 7.73. The standard InChI is InChI=1S/C18H21BrN2O3.ClH/c1-18(20,13-7-5-4-6-8-13)17(22)21-11-12-9-15(23-2)16(24-3)10-14(12)19;/h4-10H,11,20H2,1-3H3,(H,21,22);1H. The van der Waals surface area contributed by atoms with E-state index in [0.717, 1.165) is 15.6 Å². The summed E-state index contributed by atoms with van der Waals surface area (Å²) >= 11 is 3.48. The number of methoxy groups -OCH3 is 2. The second-order valence-corrected chi connectivity index (χ2v) is 6.40. The van der Waals surface area contributed by atoms with E-state index < -0.39 is 5.54 Å². The van der Waals surface area contributed by atoms with Gasteiger partial charge in [0.2, 0.25) is 5.91 Å². The van der Waals surface area contributed by atoms with Gasteiger partial charge in [-0.05, 0) is 30.2 Å². The molecule has 0 fully saturated rings. The van der Waals surface area contributed by atoms with Crippen molar-refractivity contribution in [3.05, 3.63) is 58.1 Å². The van der Waals surface area contributed by atoms with Crippen molar-refractivity contribution in [3.63, 3.8) is 0 Å². The minimum Gasteiger partial charge on any atom is -0.493 e. The first-order valence-electron chi connectivity index (χ1n) is 7.43. The first kappa shape index (κ1) is 21.3. The van der Waals surface area contributed by atoms with Crippen LogP contribution in [-0.2, 0) is 16.9 Å². The van der Waals surface area contributed by atoms with E-state index in [-0.39, 0.29) is 18.3 Å². The molecule has 5 nitrogen and oxygen atoms in total. The highest BCUT2D eigenvalue weighted by molar-refractivity contribution is 9.10. The number of benzene rings is 2. The Morgan fingerprint density at radius 2 is 1.72 bits per heavy atom. The van der Waals surface area contributed by atoms with Gasteiger partial charge in [0.1, 0.15) is 5.54 Å². The molecule has 2 aromatic rings. The van der Waals surface area contributed by atoms with Gasteiger partial charge in [-0.2, -0.15) is 0 Å². The molecule has 2 rings (SSSR count). The van der Waals surface area contributed by atoms with Gasteiger partial charge in [0.15, 0.2) is 11.5 Å². The number of amides is 1. The van der Waals surface area contributed by atoms with E-state index in [1.807, 2.05) is 36.4 Å². The zero-order chi connectivity index (χ0) is 17.7. The molecule has 0 spiro atoms. The molecule has 1 unspecified atom stereocenters. The molecule has 0 saturated carbocycles. The number of ether oxygens (including phenoxy) is 2. The molecule has 0 aliphatic rings. The van der Waals surface area contributed by atoms with E-state index in [1.165, 1.54) is 0 Å². The third kappa shape index (κ3) is 4.87. The minimum absolute atomic E-state index is 0. The van der Waals surface area contributed by atoms with Gasteiger partial charge in [-0.3, -0.25) is 4.79 Å². The Balaban J connectivity index is 0.00000312. The lowest BCUT2D eigenvalue weighted by atomic mass is 9.92. The van der Waals surface area contributed by atoms with Crippen LogP contribution in [-0.4, -0.2) is 20.1 Å². The molecule has 2 aromatic carbocycles. The summed E-state index contributed by atoms with van der Waals surface area (Å²) in [4.78, 5) is 12.5. The summed E-state index contributed by atoms with van der Waals surface area (Å²) < 4.78 is 11.4. The van der Waals surface area contributed by atoms with Crippen molar-refractivity contribution in [2.75, 3.05) is 14.2 Å². The summed E-state index contributed by atoms with van der Waals surface area (Å²) in [6.07, 6.45) is 0. The second-order valence-electron chi connectivity index (χ2n) is 5.55. The zero-order valence-electron chi connectivity index (χ0n) is 14.3. The van der Waals surface area contributed by atoms with Crippen LogP contribution >= 0.6 is 28.3 Å². The average molecular weight is 430 g/mol. The largest absolute Gasteiger partial charge is 0.493 e. The third-order valence-electron chi connectivity index (χ3n) is 3.84. The number of hydrogen-bond donors (Lipinski definition) is 2. The lowest BCUT2D eigenvalue weighted by Crippen LogP contribution is -2.48. The third-order valence-corrected chi connectivity index (χ3v) is 4.58. The van der Waals surface area contributed by atoms with Gasteiger partial charge in [0.25, 0.3) is 0 Å². The predicted octanol–water partition coefficient (Wildman–Crippen LogP) is 3.38. The molecular formula is C18H22BrClN2O3. The Bertz CT molecular complexity index is 724. The van der Waals surface area contributed by atoms with Crippen LogP contribution in [0.15, 0.2) is 46.9 Å². The monoisotopic (exact) mass is 428 g/mol. The highest BCUT2D eigenvalue weighted by atomic mass is 79.9. The molecule has 3 N–H and O–H groups in total. The molecule has 1 amide bonds. The van der Waals surface area contributed by atoms with Crippen molar-refractivity contribution in [2.45, 2.75) is 19.0 Å². The number of halogens is 2. The molecule has 0 aliphatic heterocycles. The van der Waals surface area contributed by atoms with Gasteiger partial charge < -0.3 is 20.5 Å². The summed E-state index contributed by atoms with van der Waals surface area (Å²) in [7, 11) is 3.14. The van der Waals surface area contributed by atoms with Crippen molar-refractivity contribution < 1.29 is 14.3 Å². The highest BCUT2D eigenvalue weighted by Gasteiger charge is 2.30. The fourth-order valence-corrected chi connectivity index (χ4v) is 2.77. The Hall–Kier alpha value is -1.76. The molecule has 7 heteroatoms. The van der Waals surface area contributed by atoms with Crippen LogP contribution in [0, 0.1) is 0 Å². The highest BCUT2D eigenvalue weighted by Crippen LogP contribution is 2.33. The van der Waals surface area contributed by atoms with Gasteiger partial charge in [0.05, 0.1) is 14.2 Å². The maximum absolute atomic E-state index is 12.5. The van der Waals surface area contributed by atoms with Crippen molar-refractivity contribution >= 4 is 34.2 Å². The van der Waals surface area contributed by atoms with Crippen LogP contribution in [0.3, 0.4) is 0 Å². The van der Waals surface area contributed by atoms with Gasteiger partial charge >= 0.3 is 0 Å². The van der Waals surface area contributed by atoms with Crippen molar-refractivity contribution in [1.29, 1.82) is 0 Å². The smallest absolute Gasteiger partial charge is 0.244 e. The average Bonchev–Trinajstić information content (AvgIpc) is 2.60. The number of rotatable bonds is 6. The summed E-state index contributed by atoms with van der Waals surface area (Å²) in [6.45, 7) is 2.01. The van der Waals surface area contributed by atoms with Crippen LogP contribution in [0.2, 0.25) is 0 Å². The topological polar surface area (TPSA) is 73.6 Å². The quantitative estimate of drug-likeness (QED) is 0.738. The van der Waals surface area contributed by atoms with E-state index >= 15 is 0 Å². The van der Waals surface area contributed by atoms with E-state index in [9.17, 15) is 4.79 Å². The number of nitrogens with one attached hydrogen (secondary N) is 1. The number of nitrogens with two attached hydrogens (primary N) is 1. The zero-order valence-corrected chi connectivity index (χ0v) is 16.7. The Labute approximate surface area is 162 Å². The van der Waals surface area contributed by atoms with E-state index in [1.54, 1.807) is 27.2 Å². The maximum atomic E-state index is 12.5. The van der Waals surface area contributed by atoms with Crippen LogP contribution in [0.1, 0.15) is 18.1 Å². The normalized spacial score (nSPS) is 12.5. The van der Waals surface area contributed by atoms with Crippen LogP contribution in [0.4, 0.5) is 0 Å². The molecule has 0 radical (unpaired) electrons. The molecule has 1 atom stereocenters. The van der Waals surface area contributed by atoms with Gasteiger partial charge in [0, 0.05) is 11.0 Å². The minimum atomic E-state index is -1.11. The molecule has 0 saturated heterocycles. The summed E-state index contributed by atoms with van der Waals surface area (Å²) in [5, 5.41) is 2.88. The molecule has 0 heterocycles. The van der Waals surface area contributed by atoms with E-state index in [2.05, 4.69) is 21.2 Å². The fraction of sp³-hybridized carbons (Fsp3) is 0.278. The van der Waals surface area contributed by atoms with Gasteiger partial charge in [-0.25, -0.2) is 0 Å². The molecule has 25 heavy (non-hydrogen) atoms. The molecule has 136 valence electrons. The molecular weight excluding hydrogens is 408 g/mol. The van der Waals surface area contributed by atoms with Crippen molar-refractivity contribution in [3.8, 4) is 11.5 Å². The summed E-state index contributed by atoms with van der Waals surface area (Å²) in [5.41, 5.74) is 6.73. The van der Waals surface area contributed by atoms with E-state index in [0.29, 0.717) is 18.0 Å². The SMILES string of the molecule is COc1cc(Br)c(CNC(=O)C(C)(N)c2ccccc2)cc1OC.Cl. The Morgan fingerprint density at radius 1 is 1.16 bits per heavy atom. The van der Waals surface area contributed by atoms with Crippen molar-refractivity contribution in [2.24, 2.45) is 5.73 Å². The number of hydrogen-bond acceptors (Lipinski definition) is 4. The van der Waals surface area contributed by atoms with Gasteiger partial charge in [-0.1, -0.05) is 46.3 Å². The first-order chi connectivity index (χ1) is 11.4. The summed E-state index contributed by atoms with van der Waals surface area (Å²) in [6, 6.07) is 12.9. The number of carbonyl (C=O) groups excluding carboxylic acids is 1. The van der Waals surface area contributed by atoms with Crippen LogP contribution < -0.4 is 20.5 Å². The maximum Gasteiger partial charge on any atom is 0.244 e. The second kappa shape index (κ2) is 9.08. The van der Waals surface area contributed by atoms with Crippen molar-refractivity contribution in [1.82, 2.24) is 5.32 Å². The van der Waals surface area contributed by atoms with Crippen LogP contribution in [0.25, 0.3) is 0 Å². The van der Waals surface area contributed by atoms with E-state index in [4.69, 9.17) is 15.2 Å². The summed E-state index contributed by atoms with van der Waals surface area (Å²) in [5.74, 6) is 0.964. The molecule has 0 bridgehead atoms. The molecule has 0 aliphatic carbocycles. The van der Waals surface area contributed by atoms with Gasteiger partial charge in [-0.15, -0.1) is 12.4 Å². The number of carbonyl (C=O) groups is 1. The van der Waals surface area contributed by atoms with Crippen LogP contribution in [0.5, 0.6) is 11.5 Å². The Morgan fingerprint density at radius 3 is 2.28 bits per heavy atom. The predicted molar refractivity (Wildman–Crippen MR) is 104 cm³/mol. The lowest BCUT2D eigenvalue weighted by molar-refractivity contribution is -0.126. The first-order valence-corrected chi connectivity index (χ1v) is 8.22. The molecule has 0 aromatic heterocycles. The fourth-order valence-electron chi connectivity index (χ4n) is 2.31. The lowest BCUT2D eigenvalue weighted by Gasteiger charge is -2.24.